The Labute approximate surface area is 97.0 Å². The maximum Gasteiger partial charge on any atom is 0.169 e. The van der Waals surface area contributed by atoms with Crippen LogP contribution in [0, 0.1) is 13.8 Å². The summed E-state index contributed by atoms with van der Waals surface area (Å²) in [5.74, 6) is 1.09. The van der Waals surface area contributed by atoms with E-state index in [0.29, 0.717) is 0 Å². The van der Waals surface area contributed by atoms with Gasteiger partial charge in [0.05, 0.1) is 22.9 Å². The Balaban J connectivity index is 2.85. The van der Waals surface area contributed by atoms with Crippen LogP contribution in [0.3, 0.4) is 0 Å². The van der Waals surface area contributed by atoms with Crippen molar-refractivity contribution in [3.05, 3.63) is 23.1 Å². The third kappa shape index (κ3) is 1.41. The first-order valence-electron chi connectivity index (χ1n) is 4.65. The number of aromatic nitrogens is 3. The van der Waals surface area contributed by atoms with Crippen molar-refractivity contribution in [1.82, 2.24) is 12.7 Å². The van der Waals surface area contributed by atoms with Gasteiger partial charge in [-0.2, -0.15) is 0 Å². The minimum Gasteiger partial charge on any atom is -0.252 e. The van der Waals surface area contributed by atoms with Gasteiger partial charge >= 0.3 is 0 Å². The summed E-state index contributed by atoms with van der Waals surface area (Å²) in [6.45, 7) is 6.21. The molecular formula is C10H12IN3. The second-order valence-electron chi connectivity index (χ2n) is 3.42. The van der Waals surface area contributed by atoms with Gasteiger partial charge in [-0.3, -0.25) is 2.78 Å². The van der Waals surface area contributed by atoms with Crippen molar-refractivity contribution in [2.24, 2.45) is 0 Å². The molecule has 0 aromatic carbocycles. The van der Waals surface area contributed by atoms with Crippen molar-refractivity contribution < 1.29 is 0 Å². The molecule has 2 rings (SSSR count). The molecule has 2 aromatic heterocycles. The van der Waals surface area contributed by atoms with Crippen molar-refractivity contribution in [3.8, 4) is 0 Å². The van der Waals surface area contributed by atoms with Gasteiger partial charge in [0.1, 0.15) is 11.3 Å². The molecule has 2 aromatic rings. The van der Waals surface area contributed by atoms with Gasteiger partial charge in [-0.25, -0.2) is 9.97 Å². The quantitative estimate of drug-likeness (QED) is 0.758. The molecule has 0 spiro atoms. The van der Waals surface area contributed by atoms with Crippen LogP contribution in [0.4, 0.5) is 0 Å². The van der Waals surface area contributed by atoms with Crippen LogP contribution in [-0.4, -0.2) is 12.7 Å². The number of hydrogen-bond donors (Lipinski definition) is 0. The highest BCUT2D eigenvalue weighted by Crippen LogP contribution is 2.21. The van der Waals surface area contributed by atoms with Gasteiger partial charge < -0.3 is 0 Å². The second kappa shape index (κ2) is 3.49. The van der Waals surface area contributed by atoms with E-state index in [-0.39, 0.29) is 0 Å². The van der Waals surface area contributed by atoms with E-state index in [1.165, 1.54) is 5.56 Å². The van der Waals surface area contributed by atoms with Crippen molar-refractivity contribution in [1.29, 1.82) is 0 Å². The molecule has 0 aliphatic rings. The average molecular weight is 301 g/mol. The van der Waals surface area contributed by atoms with Gasteiger partial charge in [-0.1, -0.05) is 6.92 Å². The Morgan fingerprint density at radius 1 is 1.36 bits per heavy atom. The lowest BCUT2D eigenvalue weighted by molar-refractivity contribution is 0.984. The average Bonchev–Trinajstić information content (AvgIpc) is 2.44. The Hall–Kier alpha value is -0.650. The third-order valence-electron chi connectivity index (χ3n) is 2.26. The largest absolute Gasteiger partial charge is 0.252 e. The lowest BCUT2D eigenvalue weighted by atomic mass is 10.2. The standard InChI is InChI=1S/C10H12IN3/c1-4-8-13-9-6(2)5-7(3)12-10(9)14(8)11/h5H,4H2,1-3H3. The van der Waals surface area contributed by atoms with Gasteiger partial charge in [-0.05, 0) is 25.5 Å². The summed E-state index contributed by atoms with van der Waals surface area (Å²) in [5, 5.41) is 0. The van der Waals surface area contributed by atoms with E-state index in [4.69, 9.17) is 0 Å². The number of aryl methyl sites for hydroxylation is 3. The van der Waals surface area contributed by atoms with E-state index in [9.17, 15) is 0 Å². The molecule has 3 nitrogen and oxygen atoms in total. The summed E-state index contributed by atoms with van der Waals surface area (Å²) in [6.07, 6.45) is 0.942. The van der Waals surface area contributed by atoms with Crippen molar-refractivity contribution in [2.75, 3.05) is 0 Å². The smallest absolute Gasteiger partial charge is 0.169 e. The zero-order valence-corrected chi connectivity index (χ0v) is 10.7. The number of fused-ring (bicyclic) bond motifs is 1. The monoisotopic (exact) mass is 301 g/mol. The highest BCUT2D eigenvalue weighted by Gasteiger charge is 2.10. The highest BCUT2D eigenvalue weighted by molar-refractivity contribution is 14.1. The molecule has 14 heavy (non-hydrogen) atoms. The van der Waals surface area contributed by atoms with Crippen LogP contribution >= 0.6 is 22.9 Å². The Morgan fingerprint density at radius 3 is 2.71 bits per heavy atom. The van der Waals surface area contributed by atoms with Gasteiger partial charge in [0.15, 0.2) is 5.65 Å². The van der Waals surface area contributed by atoms with E-state index < -0.39 is 0 Å². The minimum absolute atomic E-state index is 0.942. The first-order valence-corrected chi connectivity index (χ1v) is 5.61. The summed E-state index contributed by atoms with van der Waals surface area (Å²) in [4.78, 5) is 9.06. The van der Waals surface area contributed by atoms with Crippen LogP contribution in [0.25, 0.3) is 11.2 Å². The lowest BCUT2D eigenvalue weighted by Crippen LogP contribution is -1.90. The summed E-state index contributed by atoms with van der Waals surface area (Å²) in [5.41, 5.74) is 4.27. The molecule has 0 N–H and O–H groups in total. The van der Waals surface area contributed by atoms with Crippen LogP contribution < -0.4 is 0 Å². The van der Waals surface area contributed by atoms with Crippen LogP contribution in [0.15, 0.2) is 6.07 Å². The molecule has 0 radical (unpaired) electrons. The van der Waals surface area contributed by atoms with E-state index >= 15 is 0 Å². The predicted molar refractivity (Wildman–Crippen MR) is 65.8 cm³/mol. The fourth-order valence-corrected chi connectivity index (χ4v) is 2.38. The summed E-state index contributed by atoms with van der Waals surface area (Å²) in [7, 11) is 0. The first-order chi connectivity index (χ1) is 6.63. The third-order valence-corrected chi connectivity index (χ3v) is 3.28. The number of hydrogen-bond acceptors (Lipinski definition) is 2. The van der Waals surface area contributed by atoms with E-state index in [0.717, 1.165) is 29.1 Å². The molecule has 0 aliphatic heterocycles. The summed E-state index contributed by atoms with van der Waals surface area (Å²) >= 11 is 2.26. The summed E-state index contributed by atoms with van der Waals surface area (Å²) in [6, 6.07) is 2.07. The molecule has 0 saturated heterocycles. The number of pyridine rings is 1. The normalized spacial score (nSPS) is 11.1. The SMILES string of the molecule is CCc1nc2c(C)cc(C)nc2n1I. The van der Waals surface area contributed by atoms with Crippen molar-refractivity contribution in [2.45, 2.75) is 27.2 Å². The molecule has 0 aliphatic carbocycles. The molecular weight excluding hydrogens is 289 g/mol. The fraction of sp³-hybridized carbons (Fsp3) is 0.400. The first kappa shape index (κ1) is 9.89. The molecule has 0 bridgehead atoms. The Morgan fingerprint density at radius 2 is 2.07 bits per heavy atom. The number of imidazole rings is 1. The number of nitrogens with zero attached hydrogens (tertiary/aromatic N) is 3. The lowest BCUT2D eigenvalue weighted by Gasteiger charge is -1.98. The van der Waals surface area contributed by atoms with Crippen LogP contribution in [0.2, 0.25) is 0 Å². The molecule has 74 valence electrons. The predicted octanol–water partition coefficient (Wildman–Crippen LogP) is 2.81. The molecule has 0 saturated carbocycles. The van der Waals surface area contributed by atoms with Crippen LogP contribution in [0.5, 0.6) is 0 Å². The zero-order valence-electron chi connectivity index (χ0n) is 8.50. The van der Waals surface area contributed by atoms with Gasteiger partial charge in [0.25, 0.3) is 0 Å². The Kier molecular flexibility index (Phi) is 2.47. The molecule has 0 amide bonds. The molecule has 0 fully saturated rings. The van der Waals surface area contributed by atoms with Gasteiger partial charge in [0.2, 0.25) is 0 Å². The van der Waals surface area contributed by atoms with Crippen molar-refractivity contribution >= 4 is 34.0 Å². The van der Waals surface area contributed by atoms with Crippen LogP contribution in [-0.2, 0) is 6.42 Å². The summed E-state index contributed by atoms with van der Waals surface area (Å²) < 4.78 is 2.05. The molecule has 0 unspecified atom stereocenters. The number of halogens is 1. The minimum atomic E-state index is 0.942. The number of rotatable bonds is 1. The van der Waals surface area contributed by atoms with E-state index in [1.807, 2.05) is 9.70 Å². The van der Waals surface area contributed by atoms with Gasteiger partial charge in [-0.15, -0.1) is 0 Å². The molecule has 0 atom stereocenters. The maximum atomic E-state index is 4.56. The van der Waals surface area contributed by atoms with E-state index in [1.54, 1.807) is 0 Å². The second-order valence-corrected chi connectivity index (χ2v) is 4.38. The molecule has 2 heterocycles. The topological polar surface area (TPSA) is 30.7 Å². The highest BCUT2D eigenvalue weighted by atomic mass is 127. The zero-order chi connectivity index (χ0) is 10.3. The molecule has 4 heteroatoms. The fourth-order valence-electron chi connectivity index (χ4n) is 1.60. The van der Waals surface area contributed by atoms with E-state index in [2.05, 4.69) is 52.7 Å². The van der Waals surface area contributed by atoms with Crippen molar-refractivity contribution in [3.63, 3.8) is 0 Å². The Bertz CT molecular complexity index is 488. The maximum absolute atomic E-state index is 4.56. The van der Waals surface area contributed by atoms with Gasteiger partial charge in [0, 0.05) is 12.1 Å². The van der Waals surface area contributed by atoms with Crippen LogP contribution in [0.1, 0.15) is 24.0 Å².